The summed E-state index contributed by atoms with van der Waals surface area (Å²) in [6.45, 7) is 0.785. The molecule has 25 heavy (non-hydrogen) atoms. The van der Waals surface area contributed by atoms with Gasteiger partial charge in [0.05, 0.1) is 25.0 Å². The molecule has 1 saturated heterocycles. The highest BCUT2D eigenvalue weighted by atomic mass is 32.2. The van der Waals surface area contributed by atoms with E-state index < -0.39 is 17.3 Å². The van der Waals surface area contributed by atoms with E-state index in [1.165, 1.54) is 0 Å². The number of aromatic nitrogens is 1. The number of hydrogen-bond acceptors (Lipinski definition) is 5. The number of carbonyl (C=O) groups excluding carboxylic acids is 1. The summed E-state index contributed by atoms with van der Waals surface area (Å²) >= 11 is 1.58. The maximum atomic E-state index is 14.9. The van der Waals surface area contributed by atoms with Crippen molar-refractivity contribution in [3.8, 4) is 11.1 Å². The molecule has 1 amide bonds. The van der Waals surface area contributed by atoms with Crippen LogP contribution >= 0.6 is 11.8 Å². The van der Waals surface area contributed by atoms with Crippen molar-refractivity contribution in [2.75, 3.05) is 19.0 Å². The fourth-order valence-corrected chi connectivity index (χ4v) is 4.51. The maximum Gasteiger partial charge on any atom is 0.267 e. The predicted molar refractivity (Wildman–Crippen MR) is 95.1 cm³/mol. The minimum Gasteiger partial charge on any atom is -0.378 e. The molecule has 4 rings (SSSR count). The molecule has 1 aromatic heterocycles. The van der Waals surface area contributed by atoms with Gasteiger partial charge in [-0.05, 0) is 5.56 Å². The second kappa shape index (κ2) is 6.24. The number of thioether (sulfide) groups is 1. The molecule has 5 nitrogen and oxygen atoms in total. The summed E-state index contributed by atoms with van der Waals surface area (Å²) in [5.41, 5.74) is 7.96. The SMILES string of the molecule is NC(=O)c1ncc(F)c(-c2ccccc2)c1C12COCC1CSC=N2. The number of aliphatic imine (C=N–C) groups is 1. The summed E-state index contributed by atoms with van der Waals surface area (Å²) in [5, 5.41) is 0. The molecule has 2 aromatic rings. The molecule has 0 saturated carbocycles. The van der Waals surface area contributed by atoms with Crippen LogP contribution in [0.15, 0.2) is 41.5 Å². The van der Waals surface area contributed by atoms with Crippen LogP contribution in [0.3, 0.4) is 0 Å². The molecule has 2 N–H and O–H groups in total. The van der Waals surface area contributed by atoms with E-state index in [0.29, 0.717) is 23.3 Å². The number of hydrogen-bond donors (Lipinski definition) is 1. The Hall–Kier alpha value is -2.25. The first-order valence-corrected chi connectivity index (χ1v) is 8.95. The molecule has 0 bridgehead atoms. The maximum absolute atomic E-state index is 14.9. The van der Waals surface area contributed by atoms with Gasteiger partial charge in [0.1, 0.15) is 17.1 Å². The third kappa shape index (κ3) is 2.54. The van der Waals surface area contributed by atoms with Crippen LogP contribution in [0.1, 0.15) is 16.1 Å². The van der Waals surface area contributed by atoms with Crippen LogP contribution in [-0.2, 0) is 10.3 Å². The fourth-order valence-electron chi connectivity index (χ4n) is 3.56. The largest absolute Gasteiger partial charge is 0.378 e. The molecule has 1 aromatic carbocycles. The van der Waals surface area contributed by atoms with Crippen LogP contribution in [0.2, 0.25) is 0 Å². The van der Waals surface area contributed by atoms with E-state index in [0.717, 1.165) is 11.9 Å². The molecule has 3 heterocycles. The molecule has 128 valence electrons. The minimum atomic E-state index is -0.837. The van der Waals surface area contributed by atoms with Crippen molar-refractivity contribution in [1.82, 2.24) is 4.98 Å². The first kappa shape index (κ1) is 16.2. The lowest BCUT2D eigenvalue weighted by Gasteiger charge is -2.35. The number of nitrogens with zero attached hydrogens (tertiary/aromatic N) is 2. The van der Waals surface area contributed by atoms with Gasteiger partial charge < -0.3 is 10.5 Å². The molecule has 1 fully saturated rings. The van der Waals surface area contributed by atoms with E-state index in [2.05, 4.69) is 9.98 Å². The standard InChI is InChI=1S/C18H16FN3O2S/c19-13-6-21-16(17(20)23)15(14(13)11-4-2-1-3-5-11)18-9-24-7-12(18)8-25-10-22-18/h1-6,10,12H,7-9H2,(H2,20,23). The van der Waals surface area contributed by atoms with Crippen molar-refractivity contribution in [1.29, 1.82) is 0 Å². The molecule has 0 radical (unpaired) electrons. The summed E-state index contributed by atoms with van der Waals surface area (Å²) in [6, 6.07) is 9.10. The summed E-state index contributed by atoms with van der Waals surface area (Å²) in [4.78, 5) is 20.8. The van der Waals surface area contributed by atoms with Crippen LogP contribution in [0.4, 0.5) is 4.39 Å². The summed E-state index contributed by atoms with van der Waals surface area (Å²) in [6.07, 6.45) is 1.05. The smallest absolute Gasteiger partial charge is 0.267 e. The Morgan fingerprint density at radius 3 is 2.92 bits per heavy atom. The number of nitrogens with two attached hydrogens (primary N) is 1. The van der Waals surface area contributed by atoms with Crippen LogP contribution in [-0.4, -0.2) is 35.4 Å². The van der Waals surface area contributed by atoms with Gasteiger partial charge in [-0.15, -0.1) is 11.8 Å². The molecule has 2 unspecified atom stereocenters. The zero-order chi connectivity index (χ0) is 17.4. The van der Waals surface area contributed by atoms with E-state index in [1.54, 1.807) is 29.4 Å². The van der Waals surface area contributed by atoms with E-state index in [9.17, 15) is 9.18 Å². The minimum absolute atomic E-state index is 0.0339. The van der Waals surface area contributed by atoms with Gasteiger partial charge in [-0.2, -0.15) is 0 Å². The van der Waals surface area contributed by atoms with Crippen LogP contribution in [0, 0.1) is 11.7 Å². The lowest BCUT2D eigenvalue weighted by molar-refractivity contribution is 0.0991. The Morgan fingerprint density at radius 2 is 2.16 bits per heavy atom. The number of primary amides is 1. The van der Waals surface area contributed by atoms with Crippen molar-refractivity contribution >= 4 is 23.2 Å². The van der Waals surface area contributed by atoms with Gasteiger partial charge >= 0.3 is 0 Å². The number of pyridine rings is 1. The van der Waals surface area contributed by atoms with E-state index in [1.807, 2.05) is 18.2 Å². The zero-order valence-electron chi connectivity index (χ0n) is 13.3. The first-order valence-electron chi connectivity index (χ1n) is 7.91. The third-order valence-electron chi connectivity index (χ3n) is 4.73. The van der Waals surface area contributed by atoms with Crippen molar-refractivity contribution in [3.63, 3.8) is 0 Å². The Balaban J connectivity index is 2.06. The van der Waals surface area contributed by atoms with Gasteiger partial charge in [0.15, 0.2) is 0 Å². The number of halogens is 1. The first-order chi connectivity index (χ1) is 12.1. The highest BCUT2D eigenvalue weighted by Gasteiger charge is 2.50. The molecular weight excluding hydrogens is 341 g/mol. The average Bonchev–Trinajstić information content (AvgIpc) is 3.06. The summed E-state index contributed by atoms with van der Waals surface area (Å²) in [5.74, 6) is -0.376. The number of rotatable bonds is 3. The second-order valence-corrected chi connectivity index (χ2v) is 7.02. The molecule has 2 atom stereocenters. The van der Waals surface area contributed by atoms with Crippen LogP contribution in [0.5, 0.6) is 0 Å². The number of carbonyl (C=O) groups is 1. The Bertz CT molecular complexity index is 859. The van der Waals surface area contributed by atoms with Crippen molar-refractivity contribution in [2.24, 2.45) is 16.6 Å². The quantitative estimate of drug-likeness (QED) is 0.916. The summed E-state index contributed by atoms with van der Waals surface area (Å²) < 4.78 is 20.6. The topological polar surface area (TPSA) is 77.6 Å². The van der Waals surface area contributed by atoms with Crippen LogP contribution in [0.25, 0.3) is 11.1 Å². The molecule has 7 heteroatoms. The fraction of sp³-hybridized carbons (Fsp3) is 0.278. The van der Waals surface area contributed by atoms with Gasteiger partial charge in [0.2, 0.25) is 0 Å². The number of amides is 1. The number of benzene rings is 1. The lowest BCUT2D eigenvalue weighted by atomic mass is 9.77. The summed E-state index contributed by atoms with van der Waals surface area (Å²) in [7, 11) is 0. The van der Waals surface area contributed by atoms with Gasteiger partial charge in [0, 0.05) is 22.8 Å². The Kier molecular flexibility index (Phi) is 4.05. The van der Waals surface area contributed by atoms with Crippen molar-refractivity contribution < 1.29 is 13.9 Å². The Labute approximate surface area is 148 Å². The van der Waals surface area contributed by atoms with Gasteiger partial charge in [-0.25, -0.2) is 9.37 Å². The monoisotopic (exact) mass is 357 g/mol. The van der Waals surface area contributed by atoms with Gasteiger partial charge in [-0.1, -0.05) is 30.3 Å². The molecule has 0 spiro atoms. The lowest BCUT2D eigenvalue weighted by Crippen LogP contribution is -2.39. The molecule has 2 aliphatic rings. The van der Waals surface area contributed by atoms with E-state index >= 15 is 0 Å². The molecule has 0 aliphatic carbocycles. The van der Waals surface area contributed by atoms with E-state index in [4.69, 9.17) is 10.5 Å². The molecule has 2 aliphatic heterocycles. The molecular formula is C18H16FN3O2S. The number of fused-ring (bicyclic) bond motifs is 1. The zero-order valence-corrected chi connectivity index (χ0v) is 14.1. The number of ether oxygens (including phenoxy) is 1. The van der Waals surface area contributed by atoms with Gasteiger partial charge in [0.25, 0.3) is 5.91 Å². The Morgan fingerprint density at radius 1 is 1.36 bits per heavy atom. The highest BCUT2D eigenvalue weighted by Crippen LogP contribution is 2.48. The highest BCUT2D eigenvalue weighted by molar-refractivity contribution is 8.12. The normalized spacial score (nSPS) is 24.9. The van der Waals surface area contributed by atoms with Crippen molar-refractivity contribution in [3.05, 3.63) is 53.6 Å². The predicted octanol–water partition coefficient (Wildman–Crippen LogP) is 2.60. The average molecular weight is 357 g/mol. The second-order valence-electron chi connectivity index (χ2n) is 6.14. The van der Waals surface area contributed by atoms with Gasteiger partial charge in [-0.3, -0.25) is 9.79 Å². The third-order valence-corrected chi connectivity index (χ3v) is 5.58. The van der Waals surface area contributed by atoms with Crippen molar-refractivity contribution in [2.45, 2.75) is 5.54 Å². The van der Waals surface area contributed by atoms with Crippen LogP contribution < -0.4 is 5.73 Å². The van der Waals surface area contributed by atoms with E-state index in [-0.39, 0.29) is 18.2 Å².